The molecule has 1 unspecified atom stereocenters. The molecule has 6 nitrogen and oxygen atoms in total. The minimum Gasteiger partial charge on any atom is -0.449 e. The van der Waals surface area contributed by atoms with Crippen LogP contribution in [0.2, 0.25) is 10.0 Å². The van der Waals surface area contributed by atoms with E-state index in [9.17, 15) is 9.59 Å². The van der Waals surface area contributed by atoms with E-state index >= 15 is 0 Å². The van der Waals surface area contributed by atoms with Crippen LogP contribution in [0.1, 0.15) is 23.7 Å². The van der Waals surface area contributed by atoms with Gasteiger partial charge in [0.05, 0.1) is 5.56 Å². The average Bonchev–Trinajstić information content (AvgIpc) is 3.06. The molecule has 0 bridgehead atoms. The van der Waals surface area contributed by atoms with E-state index in [0.717, 1.165) is 0 Å². The van der Waals surface area contributed by atoms with Gasteiger partial charge >= 0.3 is 5.97 Å². The highest BCUT2D eigenvalue weighted by Crippen LogP contribution is 2.23. The van der Waals surface area contributed by atoms with Crippen LogP contribution in [0.3, 0.4) is 0 Å². The molecule has 1 N–H and O–H groups in total. The van der Waals surface area contributed by atoms with Crippen LogP contribution < -0.4 is 5.32 Å². The van der Waals surface area contributed by atoms with Crippen molar-refractivity contribution in [2.75, 3.05) is 5.32 Å². The molecule has 1 aromatic heterocycles. The predicted molar refractivity (Wildman–Crippen MR) is 98.6 cm³/mol. The van der Waals surface area contributed by atoms with Gasteiger partial charge in [0, 0.05) is 15.7 Å². The summed E-state index contributed by atoms with van der Waals surface area (Å²) in [6.07, 6.45) is 0.553. The molecule has 0 saturated carbocycles. The van der Waals surface area contributed by atoms with Gasteiger partial charge in [0.1, 0.15) is 5.52 Å². The normalized spacial score (nSPS) is 12.0. The molecule has 0 aliphatic carbocycles. The Morgan fingerprint density at radius 3 is 2.65 bits per heavy atom. The van der Waals surface area contributed by atoms with Gasteiger partial charge in [0.15, 0.2) is 18.1 Å². The molecule has 8 heteroatoms. The van der Waals surface area contributed by atoms with Crippen molar-refractivity contribution in [1.82, 2.24) is 4.98 Å². The molecule has 0 fully saturated rings. The number of nitrogens with zero attached hydrogens (tertiary/aromatic N) is 1. The quantitative estimate of drug-likeness (QED) is 0.635. The lowest BCUT2D eigenvalue weighted by atomic mass is 10.2. The molecule has 3 rings (SSSR count). The Kier molecular flexibility index (Phi) is 5.44. The summed E-state index contributed by atoms with van der Waals surface area (Å²) < 4.78 is 10.5. The Labute approximate surface area is 159 Å². The van der Waals surface area contributed by atoms with Gasteiger partial charge in [-0.1, -0.05) is 36.2 Å². The number of anilines is 1. The third-order valence-corrected chi connectivity index (χ3v) is 4.06. The first-order valence-electron chi connectivity index (χ1n) is 7.78. The molecule has 1 atom stereocenters. The lowest BCUT2D eigenvalue weighted by Crippen LogP contribution is -2.32. The maximum absolute atomic E-state index is 12.5. The molecular formula is C18H14Cl2N2O4. The predicted octanol–water partition coefficient (Wildman–Crippen LogP) is 4.71. The van der Waals surface area contributed by atoms with Gasteiger partial charge in [0.25, 0.3) is 5.91 Å². The summed E-state index contributed by atoms with van der Waals surface area (Å²) in [5.74, 6) is -1.14. The molecular weight excluding hydrogens is 379 g/mol. The molecule has 0 aliphatic heterocycles. The molecule has 2 aromatic carbocycles. The molecule has 0 spiro atoms. The van der Waals surface area contributed by atoms with Gasteiger partial charge in [-0.25, -0.2) is 9.78 Å². The van der Waals surface area contributed by atoms with Crippen molar-refractivity contribution in [1.29, 1.82) is 0 Å². The number of nitrogens with one attached hydrogen (secondary N) is 1. The van der Waals surface area contributed by atoms with Crippen LogP contribution in [0.25, 0.3) is 11.1 Å². The zero-order valence-corrected chi connectivity index (χ0v) is 15.2. The minimum atomic E-state index is -0.984. The van der Waals surface area contributed by atoms with Crippen molar-refractivity contribution in [3.8, 4) is 0 Å². The fourth-order valence-corrected chi connectivity index (χ4v) is 2.94. The van der Waals surface area contributed by atoms with Crippen LogP contribution in [0.5, 0.6) is 0 Å². The summed E-state index contributed by atoms with van der Waals surface area (Å²) in [7, 11) is 0. The molecule has 1 amide bonds. The highest BCUT2D eigenvalue weighted by atomic mass is 35.5. The number of halogens is 2. The summed E-state index contributed by atoms with van der Waals surface area (Å²) in [6, 6.07) is 9.56. The number of carbonyl (C=O) groups excluding carboxylic acids is 2. The third kappa shape index (κ3) is 3.98. The fourth-order valence-electron chi connectivity index (χ4n) is 2.41. The van der Waals surface area contributed by atoms with E-state index in [2.05, 4.69) is 10.3 Å². The summed E-state index contributed by atoms with van der Waals surface area (Å²) >= 11 is 11.8. The first kappa shape index (κ1) is 18.2. The third-order valence-electron chi connectivity index (χ3n) is 3.62. The summed E-state index contributed by atoms with van der Waals surface area (Å²) in [6.45, 7) is 1.74. The molecule has 0 aliphatic rings. The van der Waals surface area contributed by atoms with Crippen LogP contribution in [-0.4, -0.2) is 23.0 Å². The van der Waals surface area contributed by atoms with Crippen molar-refractivity contribution in [2.45, 2.75) is 19.4 Å². The van der Waals surface area contributed by atoms with E-state index in [-0.39, 0.29) is 5.56 Å². The van der Waals surface area contributed by atoms with Crippen molar-refractivity contribution >= 4 is 51.9 Å². The number of hydrogen-bond acceptors (Lipinski definition) is 5. The second-order valence-corrected chi connectivity index (χ2v) is 6.33. The highest BCUT2D eigenvalue weighted by Gasteiger charge is 2.24. The van der Waals surface area contributed by atoms with E-state index in [1.165, 1.54) is 6.39 Å². The number of hydrogen-bond donors (Lipinski definition) is 1. The van der Waals surface area contributed by atoms with Crippen molar-refractivity contribution in [3.05, 3.63) is 58.4 Å². The number of carbonyl (C=O) groups is 2. The van der Waals surface area contributed by atoms with Crippen LogP contribution >= 0.6 is 23.2 Å². The zero-order chi connectivity index (χ0) is 18.7. The highest BCUT2D eigenvalue weighted by molar-refractivity contribution is 6.35. The summed E-state index contributed by atoms with van der Waals surface area (Å²) in [4.78, 5) is 28.9. The van der Waals surface area contributed by atoms with E-state index in [0.29, 0.717) is 33.3 Å². The van der Waals surface area contributed by atoms with E-state index in [4.69, 9.17) is 32.4 Å². The average molecular weight is 393 g/mol. The molecule has 26 heavy (non-hydrogen) atoms. The van der Waals surface area contributed by atoms with Crippen LogP contribution in [0, 0.1) is 0 Å². The Bertz CT molecular complexity index is 950. The molecule has 1 heterocycles. The number of fused-ring (bicyclic) bond motifs is 1. The van der Waals surface area contributed by atoms with Gasteiger partial charge in [-0.15, -0.1) is 0 Å². The maximum Gasteiger partial charge on any atom is 0.341 e. The minimum absolute atomic E-state index is 0.230. The largest absolute Gasteiger partial charge is 0.449 e. The topological polar surface area (TPSA) is 81.4 Å². The van der Waals surface area contributed by atoms with Crippen molar-refractivity contribution in [3.63, 3.8) is 0 Å². The van der Waals surface area contributed by atoms with Crippen LogP contribution in [0.4, 0.5) is 5.69 Å². The number of esters is 1. The van der Waals surface area contributed by atoms with E-state index < -0.39 is 18.0 Å². The standard InChI is InChI=1S/C18H14Cl2N2O4/c1-2-14(17(23)22-12-7-10(19)6-11(20)8-12)26-18(24)13-4-3-5-15-16(13)21-9-25-15/h3-9,14H,2H2,1H3,(H,22,23). The molecule has 0 saturated heterocycles. The first-order valence-corrected chi connectivity index (χ1v) is 8.53. The summed E-state index contributed by atoms with van der Waals surface area (Å²) in [5.41, 5.74) is 1.49. The van der Waals surface area contributed by atoms with E-state index in [1.807, 2.05) is 0 Å². The number of benzene rings is 2. The molecule has 134 valence electrons. The second kappa shape index (κ2) is 7.76. The number of aromatic nitrogens is 1. The zero-order valence-electron chi connectivity index (χ0n) is 13.7. The first-order chi connectivity index (χ1) is 12.5. The second-order valence-electron chi connectivity index (χ2n) is 5.45. The van der Waals surface area contributed by atoms with Gasteiger partial charge in [-0.2, -0.15) is 0 Å². The van der Waals surface area contributed by atoms with E-state index in [1.54, 1.807) is 43.3 Å². The lowest BCUT2D eigenvalue weighted by molar-refractivity contribution is -0.124. The number of oxazole rings is 1. The smallest absolute Gasteiger partial charge is 0.341 e. The van der Waals surface area contributed by atoms with Gasteiger partial charge in [-0.3, -0.25) is 4.79 Å². The monoisotopic (exact) mass is 392 g/mol. The van der Waals surface area contributed by atoms with Gasteiger partial charge < -0.3 is 14.5 Å². The number of para-hydroxylation sites is 1. The van der Waals surface area contributed by atoms with Crippen LogP contribution in [0.15, 0.2) is 47.2 Å². The maximum atomic E-state index is 12.5. The van der Waals surface area contributed by atoms with Gasteiger partial charge in [0.2, 0.25) is 0 Å². The Morgan fingerprint density at radius 1 is 1.23 bits per heavy atom. The van der Waals surface area contributed by atoms with Crippen molar-refractivity contribution in [2.24, 2.45) is 0 Å². The number of ether oxygens (including phenoxy) is 1. The lowest BCUT2D eigenvalue weighted by Gasteiger charge is -2.16. The Hall–Kier alpha value is -2.57. The molecule has 3 aromatic rings. The summed E-state index contributed by atoms with van der Waals surface area (Å²) in [5, 5.41) is 3.41. The number of rotatable bonds is 5. The number of amides is 1. The fraction of sp³-hybridized carbons (Fsp3) is 0.167. The van der Waals surface area contributed by atoms with Crippen LogP contribution in [-0.2, 0) is 9.53 Å². The Balaban J connectivity index is 1.75. The molecule has 0 radical (unpaired) electrons. The Morgan fingerprint density at radius 2 is 1.96 bits per heavy atom. The van der Waals surface area contributed by atoms with Gasteiger partial charge in [-0.05, 0) is 36.8 Å². The van der Waals surface area contributed by atoms with Crippen molar-refractivity contribution < 1.29 is 18.7 Å². The SMILES string of the molecule is CCC(OC(=O)c1cccc2ocnc12)C(=O)Nc1cc(Cl)cc(Cl)c1.